The molecule has 3 unspecified atom stereocenters. The number of sulfone groups is 1. The van der Waals surface area contributed by atoms with Crippen LogP contribution in [0.5, 0.6) is 0 Å². The number of nitrogens with one attached hydrogen (secondary N) is 1. The fourth-order valence-electron chi connectivity index (χ4n) is 5.02. The van der Waals surface area contributed by atoms with E-state index in [1.807, 2.05) is 10.5 Å². The van der Waals surface area contributed by atoms with Crippen molar-refractivity contribution in [1.29, 1.82) is 0 Å². The second-order valence-corrected chi connectivity index (χ2v) is 12.2. The van der Waals surface area contributed by atoms with E-state index in [0.29, 0.717) is 60.5 Å². The van der Waals surface area contributed by atoms with E-state index in [9.17, 15) is 17.6 Å². The molecule has 3 aliphatic rings. The van der Waals surface area contributed by atoms with Crippen molar-refractivity contribution in [3.05, 3.63) is 70.7 Å². The zero-order valence-corrected chi connectivity index (χ0v) is 22.6. The van der Waals surface area contributed by atoms with Crippen molar-refractivity contribution in [3.63, 3.8) is 0 Å². The Labute approximate surface area is 226 Å². The minimum atomic E-state index is -3.28. The van der Waals surface area contributed by atoms with Crippen LogP contribution >= 0.6 is 11.6 Å². The number of allylic oxidation sites excluding steroid dienone is 6. The normalized spacial score (nSPS) is 24.4. The molecule has 38 heavy (non-hydrogen) atoms. The van der Waals surface area contributed by atoms with Gasteiger partial charge in [0.25, 0.3) is 0 Å². The molecular formula is C26H30ClFN6O3S. The van der Waals surface area contributed by atoms with Gasteiger partial charge in [0, 0.05) is 68.2 Å². The van der Waals surface area contributed by atoms with Gasteiger partial charge in [0.15, 0.2) is 15.5 Å². The van der Waals surface area contributed by atoms with Gasteiger partial charge in [0.2, 0.25) is 5.91 Å². The van der Waals surface area contributed by atoms with Crippen LogP contribution in [-0.2, 0) is 14.6 Å². The zero-order valence-electron chi connectivity index (χ0n) is 21.0. The van der Waals surface area contributed by atoms with E-state index >= 15 is 0 Å². The third-order valence-corrected chi connectivity index (χ3v) is 8.74. The van der Waals surface area contributed by atoms with Crippen molar-refractivity contribution in [3.8, 4) is 0 Å². The van der Waals surface area contributed by atoms with Crippen LogP contribution in [0.4, 0.5) is 10.2 Å². The number of rotatable bonds is 7. The van der Waals surface area contributed by atoms with Crippen LogP contribution in [-0.4, -0.2) is 90.2 Å². The number of amides is 1. The molecule has 3 heterocycles. The van der Waals surface area contributed by atoms with Gasteiger partial charge in [-0.25, -0.2) is 17.8 Å². The number of aromatic nitrogens is 3. The molecule has 12 heteroatoms. The Kier molecular flexibility index (Phi) is 7.69. The quantitative estimate of drug-likeness (QED) is 0.556. The standard InChI is InChI=1S/C26H30ClFN6O3S/c1-38(36,37)19-7-5-18(6-8-19)25-26(34-10-9-29-15-23(34)31-25)30-16-24(35)33-13-11-32(12-14-33)17-20-21(27)3-2-4-22(20)28/h2-5,7-10,15,18,20,22,30H,6,11-14,16-17H2,1H3. The monoisotopic (exact) mass is 560 g/mol. The first-order valence-electron chi connectivity index (χ1n) is 12.5. The Morgan fingerprint density at radius 3 is 2.71 bits per heavy atom. The van der Waals surface area contributed by atoms with Crippen LogP contribution < -0.4 is 5.32 Å². The van der Waals surface area contributed by atoms with Gasteiger partial charge < -0.3 is 10.2 Å². The van der Waals surface area contributed by atoms with Gasteiger partial charge in [0.05, 0.1) is 23.3 Å². The minimum Gasteiger partial charge on any atom is -0.361 e. The maximum Gasteiger partial charge on any atom is 0.242 e. The van der Waals surface area contributed by atoms with E-state index in [-0.39, 0.29) is 24.3 Å². The predicted octanol–water partition coefficient (Wildman–Crippen LogP) is 2.90. The maximum absolute atomic E-state index is 14.3. The summed E-state index contributed by atoms with van der Waals surface area (Å²) in [5, 5.41) is 3.80. The third kappa shape index (κ3) is 5.69. The number of anilines is 1. The fourth-order valence-corrected chi connectivity index (χ4v) is 6.01. The van der Waals surface area contributed by atoms with Crippen LogP contribution in [0.1, 0.15) is 18.0 Å². The highest BCUT2D eigenvalue weighted by molar-refractivity contribution is 7.94. The molecule has 9 nitrogen and oxygen atoms in total. The van der Waals surface area contributed by atoms with Crippen molar-refractivity contribution >= 4 is 38.8 Å². The molecule has 2 aliphatic carbocycles. The molecule has 0 aromatic carbocycles. The molecule has 202 valence electrons. The van der Waals surface area contributed by atoms with Gasteiger partial charge in [-0.05, 0) is 24.6 Å². The summed E-state index contributed by atoms with van der Waals surface area (Å²) >= 11 is 6.23. The van der Waals surface area contributed by atoms with Gasteiger partial charge in [-0.2, -0.15) is 0 Å². The van der Waals surface area contributed by atoms with Crippen LogP contribution in [0.15, 0.2) is 65.0 Å². The maximum atomic E-state index is 14.3. The van der Waals surface area contributed by atoms with Gasteiger partial charge in [-0.1, -0.05) is 29.8 Å². The summed E-state index contributed by atoms with van der Waals surface area (Å²) in [5.41, 5.74) is 1.36. The fraction of sp³-hybridized carbons (Fsp3) is 0.423. The number of piperazine rings is 1. The lowest BCUT2D eigenvalue weighted by Gasteiger charge is -2.37. The molecule has 5 rings (SSSR count). The van der Waals surface area contributed by atoms with E-state index in [1.165, 1.54) is 12.3 Å². The third-order valence-electron chi connectivity index (χ3n) is 7.18. The van der Waals surface area contributed by atoms with Crippen LogP contribution in [0.2, 0.25) is 0 Å². The zero-order chi connectivity index (χ0) is 26.9. The number of carbonyl (C=O) groups excluding carboxylic acids is 1. The molecule has 0 spiro atoms. The second-order valence-electron chi connectivity index (χ2n) is 9.75. The lowest BCUT2D eigenvalue weighted by Crippen LogP contribution is -2.51. The smallest absolute Gasteiger partial charge is 0.242 e. The molecule has 0 radical (unpaired) electrons. The summed E-state index contributed by atoms with van der Waals surface area (Å²) < 4.78 is 39.9. The summed E-state index contributed by atoms with van der Waals surface area (Å²) in [6.45, 7) is 3.00. The Balaban J connectivity index is 1.22. The number of carbonyl (C=O) groups is 1. The topological polar surface area (TPSA) is 99.9 Å². The molecule has 1 fully saturated rings. The Morgan fingerprint density at radius 2 is 2.03 bits per heavy atom. The number of halogens is 2. The Morgan fingerprint density at radius 1 is 1.24 bits per heavy atom. The van der Waals surface area contributed by atoms with E-state index in [4.69, 9.17) is 16.6 Å². The summed E-state index contributed by atoms with van der Waals surface area (Å²) in [7, 11) is -3.28. The molecule has 1 amide bonds. The van der Waals surface area contributed by atoms with Crippen LogP contribution in [0, 0.1) is 5.92 Å². The van der Waals surface area contributed by atoms with Gasteiger partial charge in [0.1, 0.15) is 12.0 Å². The van der Waals surface area contributed by atoms with E-state index in [2.05, 4.69) is 15.2 Å². The number of hydrogen-bond acceptors (Lipinski definition) is 7. The summed E-state index contributed by atoms with van der Waals surface area (Å²) in [4.78, 5) is 26.2. The summed E-state index contributed by atoms with van der Waals surface area (Å²) in [6, 6.07) is 0. The Hall–Kier alpha value is -3.02. The average molecular weight is 561 g/mol. The largest absolute Gasteiger partial charge is 0.361 e. The lowest BCUT2D eigenvalue weighted by molar-refractivity contribution is -0.131. The highest BCUT2D eigenvalue weighted by Gasteiger charge is 2.29. The van der Waals surface area contributed by atoms with Gasteiger partial charge in [-0.3, -0.25) is 19.1 Å². The van der Waals surface area contributed by atoms with Crippen molar-refractivity contribution in [1.82, 2.24) is 24.2 Å². The minimum absolute atomic E-state index is 0.0417. The molecular weight excluding hydrogens is 531 g/mol. The van der Waals surface area contributed by atoms with Gasteiger partial charge in [-0.15, -0.1) is 0 Å². The number of nitrogens with zero attached hydrogens (tertiary/aromatic N) is 5. The van der Waals surface area contributed by atoms with Gasteiger partial charge >= 0.3 is 0 Å². The van der Waals surface area contributed by atoms with Crippen LogP contribution in [0.3, 0.4) is 0 Å². The first-order valence-corrected chi connectivity index (χ1v) is 14.8. The molecule has 1 N–H and O–H groups in total. The number of fused-ring (bicyclic) bond motifs is 1. The molecule has 2 aromatic heterocycles. The second kappa shape index (κ2) is 11.0. The van der Waals surface area contributed by atoms with E-state index in [1.54, 1.807) is 47.8 Å². The van der Waals surface area contributed by atoms with Crippen molar-refractivity contribution in [2.75, 3.05) is 50.8 Å². The molecule has 3 atom stereocenters. The van der Waals surface area contributed by atoms with Crippen molar-refractivity contribution in [2.45, 2.75) is 18.5 Å². The van der Waals surface area contributed by atoms with Crippen LogP contribution in [0.25, 0.3) is 5.65 Å². The number of hydrogen-bond donors (Lipinski definition) is 1. The molecule has 1 saturated heterocycles. The summed E-state index contributed by atoms with van der Waals surface area (Å²) in [5.74, 6) is 0.128. The molecule has 0 bridgehead atoms. The Bertz CT molecular complexity index is 1440. The predicted molar refractivity (Wildman–Crippen MR) is 145 cm³/mol. The van der Waals surface area contributed by atoms with Crippen molar-refractivity contribution in [2.24, 2.45) is 5.92 Å². The molecule has 1 aliphatic heterocycles. The molecule has 2 aromatic rings. The highest BCUT2D eigenvalue weighted by atomic mass is 35.5. The first kappa shape index (κ1) is 26.6. The van der Waals surface area contributed by atoms with Crippen molar-refractivity contribution < 1.29 is 17.6 Å². The molecule has 0 saturated carbocycles. The SMILES string of the molecule is CS(=O)(=O)C1=CCC(c2nc3cnccn3c2NCC(=O)N2CCN(CC3C(Cl)=CC=CC3F)CC2)C=C1. The number of imidazole rings is 1. The van der Waals surface area contributed by atoms with E-state index in [0.717, 1.165) is 5.69 Å². The number of alkyl halides is 1. The first-order chi connectivity index (χ1) is 18.2. The summed E-state index contributed by atoms with van der Waals surface area (Å²) in [6.07, 6.45) is 15.7. The average Bonchev–Trinajstić information content (AvgIpc) is 3.28. The lowest BCUT2D eigenvalue weighted by atomic mass is 9.97. The highest BCUT2D eigenvalue weighted by Crippen LogP contribution is 2.33. The van der Waals surface area contributed by atoms with E-state index < -0.39 is 16.0 Å².